The monoisotopic (exact) mass is 264 g/mol. The van der Waals surface area contributed by atoms with Gasteiger partial charge in [-0.05, 0) is 30.7 Å². The zero-order valence-electron chi connectivity index (χ0n) is 11.3. The molecule has 0 aliphatic rings. The molecule has 0 aliphatic carbocycles. The Morgan fingerprint density at radius 2 is 1.75 bits per heavy atom. The van der Waals surface area contributed by atoms with Crippen LogP contribution in [-0.4, -0.2) is 4.98 Å². The highest BCUT2D eigenvalue weighted by atomic mass is 16.5. The number of para-hydroxylation sites is 2. The Kier molecular flexibility index (Phi) is 3.35. The molecule has 0 fully saturated rings. The van der Waals surface area contributed by atoms with E-state index in [4.69, 9.17) is 10.5 Å². The van der Waals surface area contributed by atoms with Gasteiger partial charge in [0.15, 0.2) is 0 Å². The van der Waals surface area contributed by atoms with Gasteiger partial charge < -0.3 is 10.5 Å². The number of hydrogen-bond acceptors (Lipinski definition) is 3. The summed E-state index contributed by atoms with van der Waals surface area (Å²) in [7, 11) is 0. The Hall–Kier alpha value is -2.39. The van der Waals surface area contributed by atoms with Crippen molar-refractivity contribution >= 4 is 10.9 Å². The molecular formula is C17H16N2O. The predicted molar refractivity (Wildman–Crippen MR) is 80.9 cm³/mol. The second kappa shape index (κ2) is 5.31. The molecule has 20 heavy (non-hydrogen) atoms. The first-order chi connectivity index (χ1) is 9.78. The van der Waals surface area contributed by atoms with Crippen molar-refractivity contribution in [2.24, 2.45) is 5.73 Å². The number of aryl methyl sites for hydroxylation is 1. The number of rotatable bonds is 3. The number of hydrogen-bond donors (Lipinski definition) is 1. The summed E-state index contributed by atoms with van der Waals surface area (Å²) in [6.07, 6.45) is 0. The second-order valence-electron chi connectivity index (χ2n) is 4.70. The van der Waals surface area contributed by atoms with E-state index in [1.54, 1.807) is 0 Å². The van der Waals surface area contributed by atoms with E-state index in [1.165, 1.54) is 0 Å². The normalized spacial score (nSPS) is 10.7. The van der Waals surface area contributed by atoms with Gasteiger partial charge in [-0.15, -0.1) is 0 Å². The zero-order valence-corrected chi connectivity index (χ0v) is 11.3. The molecule has 0 spiro atoms. The average molecular weight is 264 g/mol. The van der Waals surface area contributed by atoms with E-state index in [9.17, 15) is 0 Å². The van der Waals surface area contributed by atoms with E-state index in [0.29, 0.717) is 6.54 Å². The lowest BCUT2D eigenvalue weighted by Crippen LogP contribution is -2.01. The Bertz CT molecular complexity index is 753. The van der Waals surface area contributed by atoms with Crippen LogP contribution >= 0.6 is 0 Å². The van der Waals surface area contributed by atoms with Gasteiger partial charge in [0.25, 0.3) is 0 Å². The van der Waals surface area contributed by atoms with Crippen LogP contribution in [-0.2, 0) is 6.54 Å². The minimum Gasteiger partial charge on any atom is -0.456 e. The third-order valence-corrected chi connectivity index (χ3v) is 3.25. The first-order valence-electron chi connectivity index (χ1n) is 6.60. The fourth-order valence-electron chi connectivity index (χ4n) is 2.17. The maximum atomic E-state index is 6.07. The number of aromatic nitrogens is 1. The first-order valence-corrected chi connectivity index (χ1v) is 6.60. The van der Waals surface area contributed by atoms with Crippen molar-refractivity contribution in [1.82, 2.24) is 4.98 Å². The van der Waals surface area contributed by atoms with Crippen LogP contribution in [0.2, 0.25) is 0 Å². The quantitative estimate of drug-likeness (QED) is 0.782. The minimum absolute atomic E-state index is 0.398. The molecule has 3 nitrogen and oxygen atoms in total. The lowest BCUT2D eigenvalue weighted by Gasteiger charge is -2.12. The van der Waals surface area contributed by atoms with E-state index in [-0.39, 0.29) is 0 Å². The van der Waals surface area contributed by atoms with Gasteiger partial charge >= 0.3 is 0 Å². The fraction of sp³-hybridized carbons (Fsp3) is 0.118. The summed E-state index contributed by atoms with van der Waals surface area (Å²) in [5, 5.41) is 0.993. The summed E-state index contributed by atoms with van der Waals surface area (Å²) in [4.78, 5) is 4.51. The predicted octanol–water partition coefficient (Wildman–Crippen LogP) is 3.79. The van der Waals surface area contributed by atoms with Gasteiger partial charge in [-0.2, -0.15) is 0 Å². The van der Waals surface area contributed by atoms with Crippen molar-refractivity contribution in [2.75, 3.05) is 0 Å². The van der Waals surface area contributed by atoms with Crippen molar-refractivity contribution in [1.29, 1.82) is 0 Å². The zero-order chi connectivity index (χ0) is 13.9. The number of nitrogens with two attached hydrogens (primary N) is 1. The van der Waals surface area contributed by atoms with Crippen LogP contribution in [0, 0.1) is 6.92 Å². The van der Waals surface area contributed by atoms with E-state index >= 15 is 0 Å². The van der Waals surface area contributed by atoms with Crippen LogP contribution < -0.4 is 10.5 Å². The molecule has 0 bridgehead atoms. The fourth-order valence-corrected chi connectivity index (χ4v) is 2.17. The van der Waals surface area contributed by atoms with Crippen LogP contribution in [0.4, 0.5) is 0 Å². The van der Waals surface area contributed by atoms with Crippen molar-refractivity contribution in [3.63, 3.8) is 0 Å². The number of ether oxygens (including phenoxy) is 1. The molecule has 1 heterocycles. The molecule has 3 rings (SSSR count). The van der Waals surface area contributed by atoms with Crippen molar-refractivity contribution < 1.29 is 4.74 Å². The summed E-state index contributed by atoms with van der Waals surface area (Å²) in [5.41, 5.74) is 8.54. The van der Waals surface area contributed by atoms with E-state index < -0.39 is 0 Å². The lowest BCUT2D eigenvalue weighted by molar-refractivity contribution is 0.483. The standard InChI is InChI=1S/C17H16N2O/c1-12-6-2-5-9-16(12)20-17-10-13(11-18)19-15-8-4-3-7-14(15)17/h2-10H,11,18H2,1H3. The van der Waals surface area contributed by atoms with Crippen LogP contribution in [0.3, 0.4) is 0 Å². The Labute approximate surface area is 118 Å². The molecule has 0 aliphatic heterocycles. The molecule has 3 heteroatoms. The van der Waals surface area contributed by atoms with E-state index in [1.807, 2.05) is 61.5 Å². The second-order valence-corrected chi connectivity index (χ2v) is 4.70. The maximum Gasteiger partial charge on any atom is 0.138 e. The Morgan fingerprint density at radius 3 is 2.55 bits per heavy atom. The number of nitrogens with zero attached hydrogens (tertiary/aromatic N) is 1. The van der Waals surface area contributed by atoms with Crippen LogP contribution in [0.5, 0.6) is 11.5 Å². The minimum atomic E-state index is 0.398. The topological polar surface area (TPSA) is 48.1 Å². The summed E-state index contributed by atoms with van der Waals surface area (Å²) >= 11 is 0. The highest BCUT2D eigenvalue weighted by Gasteiger charge is 2.08. The van der Waals surface area contributed by atoms with Gasteiger partial charge in [0, 0.05) is 18.0 Å². The SMILES string of the molecule is Cc1ccccc1Oc1cc(CN)nc2ccccc12. The number of fused-ring (bicyclic) bond motifs is 1. The molecule has 100 valence electrons. The third-order valence-electron chi connectivity index (χ3n) is 3.25. The molecule has 0 saturated carbocycles. The molecule has 0 unspecified atom stereocenters. The summed E-state index contributed by atoms with van der Waals surface area (Å²) in [6, 6.07) is 17.8. The summed E-state index contributed by atoms with van der Waals surface area (Å²) in [5.74, 6) is 1.65. The largest absolute Gasteiger partial charge is 0.456 e. The van der Waals surface area contributed by atoms with Gasteiger partial charge in [0.1, 0.15) is 11.5 Å². The van der Waals surface area contributed by atoms with Gasteiger partial charge in [-0.3, -0.25) is 4.98 Å². The van der Waals surface area contributed by atoms with Crippen molar-refractivity contribution in [3.05, 3.63) is 65.9 Å². The highest BCUT2D eigenvalue weighted by Crippen LogP contribution is 2.31. The van der Waals surface area contributed by atoms with E-state index in [2.05, 4.69) is 4.98 Å². The lowest BCUT2D eigenvalue weighted by atomic mass is 10.1. The molecule has 0 amide bonds. The Morgan fingerprint density at radius 1 is 1.00 bits per heavy atom. The van der Waals surface area contributed by atoms with Crippen molar-refractivity contribution in [2.45, 2.75) is 13.5 Å². The van der Waals surface area contributed by atoms with Crippen LogP contribution in [0.25, 0.3) is 10.9 Å². The molecule has 3 aromatic rings. The Balaban J connectivity index is 2.13. The number of benzene rings is 2. The van der Waals surface area contributed by atoms with Crippen LogP contribution in [0.15, 0.2) is 54.6 Å². The van der Waals surface area contributed by atoms with Gasteiger partial charge in [0.2, 0.25) is 0 Å². The molecule has 2 aromatic carbocycles. The summed E-state index contributed by atoms with van der Waals surface area (Å²) in [6.45, 7) is 2.43. The smallest absolute Gasteiger partial charge is 0.138 e. The first kappa shape index (κ1) is 12.6. The highest BCUT2D eigenvalue weighted by molar-refractivity contribution is 5.85. The van der Waals surface area contributed by atoms with Gasteiger partial charge in [-0.1, -0.05) is 30.3 Å². The molecule has 1 aromatic heterocycles. The van der Waals surface area contributed by atoms with Crippen molar-refractivity contribution in [3.8, 4) is 11.5 Å². The molecule has 0 radical (unpaired) electrons. The van der Waals surface area contributed by atoms with Crippen LogP contribution in [0.1, 0.15) is 11.3 Å². The van der Waals surface area contributed by atoms with Gasteiger partial charge in [-0.25, -0.2) is 0 Å². The number of pyridine rings is 1. The molecular weight excluding hydrogens is 248 g/mol. The van der Waals surface area contributed by atoms with E-state index in [0.717, 1.165) is 33.7 Å². The maximum absolute atomic E-state index is 6.07. The van der Waals surface area contributed by atoms with Gasteiger partial charge in [0.05, 0.1) is 11.2 Å². The summed E-state index contributed by atoms with van der Waals surface area (Å²) < 4.78 is 6.07. The third kappa shape index (κ3) is 2.36. The molecule has 0 saturated heterocycles. The molecule has 2 N–H and O–H groups in total. The molecule has 0 atom stereocenters. The average Bonchev–Trinajstić information content (AvgIpc) is 2.49.